The van der Waals surface area contributed by atoms with Crippen LogP contribution in [0.3, 0.4) is 0 Å². The van der Waals surface area contributed by atoms with Gasteiger partial charge in [0.25, 0.3) is 0 Å². The largest absolute Gasteiger partial charge is 0.493 e. The Labute approximate surface area is 125 Å². The molecule has 3 rings (SSSR count). The van der Waals surface area contributed by atoms with Crippen molar-refractivity contribution in [2.45, 2.75) is 31.4 Å². The van der Waals surface area contributed by atoms with Gasteiger partial charge in [0.2, 0.25) is 5.75 Å². The third-order valence-corrected chi connectivity index (χ3v) is 4.36. The van der Waals surface area contributed by atoms with Crippen LogP contribution in [0.25, 0.3) is 0 Å². The lowest BCUT2D eigenvalue weighted by atomic mass is 9.80. The summed E-state index contributed by atoms with van der Waals surface area (Å²) in [5, 5.41) is 3.48. The number of nitrogens with one attached hydrogen (secondary N) is 1. The number of hydrogen-bond acceptors (Lipinski definition) is 5. The second-order valence-electron chi connectivity index (χ2n) is 5.67. The molecule has 1 saturated carbocycles. The fraction of sp³-hybridized carbons (Fsp3) is 0.625. The van der Waals surface area contributed by atoms with E-state index in [-0.39, 0.29) is 5.60 Å². The smallest absolute Gasteiger partial charge is 0.203 e. The molecule has 1 aliphatic carbocycles. The monoisotopic (exact) mass is 293 g/mol. The standard InChI is InChI=1S/C16H23NO4/c1-18-13-8-12(9-14-15(13)21-7-6-20-14)10-17-11-16(19-2)4-3-5-16/h8-9,17H,3-7,10-11H2,1-2H3. The minimum Gasteiger partial charge on any atom is -0.493 e. The first kappa shape index (κ1) is 14.5. The molecule has 5 heteroatoms. The summed E-state index contributed by atoms with van der Waals surface area (Å²) in [6.07, 6.45) is 3.54. The molecule has 0 spiro atoms. The summed E-state index contributed by atoms with van der Waals surface area (Å²) in [7, 11) is 3.45. The van der Waals surface area contributed by atoms with Crippen molar-refractivity contribution in [1.82, 2.24) is 5.32 Å². The Balaban J connectivity index is 1.65. The van der Waals surface area contributed by atoms with E-state index in [9.17, 15) is 0 Å². The summed E-state index contributed by atoms with van der Waals surface area (Å²) in [4.78, 5) is 0. The number of ether oxygens (including phenoxy) is 4. The molecule has 1 heterocycles. The van der Waals surface area contributed by atoms with Gasteiger partial charge in [-0.15, -0.1) is 0 Å². The fourth-order valence-corrected chi connectivity index (χ4v) is 2.89. The molecule has 1 aliphatic heterocycles. The molecule has 0 bridgehead atoms. The molecule has 0 saturated heterocycles. The number of methoxy groups -OCH3 is 2. The van der Waals surface area contributed by atoms with Crippen LogP contribution in [0.15, 0.2) is 12.1 Å². The van der Waals surface area contributed by atoms with Crippen molar-refractivity contribution in [3.63, 3.8) is 0 Å². The average molecular weight is 293 g/mol. The lowest BCUT2D eigenvalue weighted by Crippen LogP contribution is -2.47. The van der Waals surface area contributed by atoms with Crippen LogP contribution in [0.4, 0.5) is 0 Å². The predicted molar refractivity (Wildman–Crippen MR) is 79.3 cm³/mol. The first-order valence-corrected chi connectivity index (χ1v) is 7.49. The van der Waals surface area contributed by atoms with Crippen molar-refractivity contribution in [3.8, 4) is 17.2 Å². The topological polar surface area (TPSA) is 49.0 Å². The molecular formula is C16H23NO4. The molecule has 2 aliphatic rings. The number of fused-ring (bicyclic) bond motifs is 1. The van der Waals surface area contributed by atoms with Gasteiger partial charge in [-0.3, -0.25) is 0 Å². The van der Waals surface area contributed by atoms with Gasteiger partial charge >= 0.3 is 0 Å². The first-order valence-electron chi connectivity index (χ1n) is 7.49. The van der Waals surface area contributed by atoms with Crippen molar-refractivity contribution < 1.29 is 18.9 Å². The molecule has 0 aromatic heterocycles. The Morgan fingerprint density at radius 3 is 2.67 bits per heavy atom. The van der Waals surface area contributed by atoms with E-state index >= 15 is 0 Å². The highest BCUT2D eigenvalue weighted by Gasteiger charge is 2.36. The van der Waals surface area contributed by atoms with E-state index < -0.39 is 0 Å². The van der Waals surface area contributed by atoms with Crippen LogP contribution >= 0.6 is 0 Å². The average Bonchev–Trinajstić information content (AvgIpc) is 2.49. The highest BCUT2D eigenvalue weighted by molar-refractivity contribution is 5.54. The van der Waals surface area contributed by atoms with Crippen LogP contribution < -0.4 is 19.5 Å². The van der Waals surface area contributed by atoms with E-state index in [1.807, 2.05) is 12.1 Å². The van der Waals surface area contributed by atoms with Crippen molar-refractivity contribution in [1.29, 1.82) is 0 Å². The van der Waals surface area contributed by atoms with Gasteiger partial charge in [0.05, 0.1) is 12.7 Å². The van der Waals surface area contributed by atoms with E-state index in [4.69, 9.17) is 18.9 Å². The zero-order valence-electron chi connectivity index (χ0n) is 12.7. The first-order chi connectivity index (χ1) is 10.3. The highest BCUT2D eigenvalue weighted by Crippen LogP contribution is 2.40. The van der Waals surface area contributed by atoms with E-state index in [0.717, 1.165) is 43.0 Å². The van der Waals surface area contributed by atoms with E-state index in [1.165, 1.54) is 6.42 Å². The third-order valence-electron chi connectivity index (χ3n) is 4.36. The van der Waals surface area contributed by atoms with Gasteiger partial charge < -0.3 is 24.3 Å². The Kier molecular flexibility index (Phi) is 4.22. The van der Waals surface area contributed by atoms with Gasteiger partial charge in [0.15, 0.2) is 11.5 Å². The molecule has 1 aromatic carbocycles. The number of benzene rings is 1. The summed E-state index contributed by atoms with van der Waals surface area (Å²) in [6, 6.07) is 4.02. The third kappa shape index (κ3) is 2.94. The van der Waals surface area contributed by atoms with Gasteiger partial charge in [-0.2, -0.15) is 0 Å². The summed E-state index contributed by atoms with van der Waals surface area (Å²) >= 11 is 0. The SMILES string of the molecule is COc1cc(CNCC2(OC)CCC2)cc2c1OCCO2. The maximum Gasteiger partial charge on any atom is 0.203 e. The lowest BCUT2D eigenvalue weighted by molar-refractivity contribution is -0.0695. The fourth-order valence-electron chi connectivity index (χ4n) is 2.89. The van der Waals surface area contributed by atoms with Crippen LogP contribution in [0.1, 0.15) is 24.8 Å². The van der Waals surface area contributed by atoms with Crippen molar-refractivity contribution in [2.24, 2.45) is 0 Å². The Hall–Kier alpha value is -1.46. The lowest BCUT2D eigenvalue weighted by Gasteiger charge is -2.40. The predicted octanol–water partition coefficient (Wildman–Crippen LogP) is 2.13. The minimum absolute atomic E-state index is 0.0396. The molecule has 0 amide bonds. The summed E-state index contributed by atoms with van der Waals surface area (Å²) in [5.41, 5.74) is 1.17. The van der Waals surface area contributed by atoms with Crippen LogP contribution in [0.2, 0.25) is 0 Å². The van der Waals surface area contributed by atoms with Crippen molar-refractivity contribution >= 4 is 0 Å². The molecule has 1 N–H and O–H groups in total. The summed E-state index contributed by atoms with van der Waals surface area (Å²) in [5.74, 6) is 2.21. The van der Waals surface area contributed by atoms with Gasteiger partial charge in [0.1, 0.15) is 13.2 Å². The van der Waals surface area contributed by atoms with E-state index in [1.54, 1.807) is 14.2 Å². The molecule has 0 unspecified atom stereocenters. The van der Waals surface area contributed by atoms with E-state index in [0.29, 0.717) is 19.0 Å². The quantitative estimate of drug-likeness (QED) is 0.870. The zero-order valence-corrected chi connectivity index (χ0v) is 12.7. The molecule has 116 valence electrons. The molecule has 1 aromatic rings. The van der Waals surface area contributed by atoms with Crippen molar-refractivity contribution in [2.75, 3.05) is 34.0 Å². The summed E-state index contributed by atoms with van der Waals surface area (Å²) in [6.45, 7) is 2.79. The maximum atomic E-state index is 5.65. The Morgan fingerprint density at radius 1 is 1.19 bits per heavy atom. The Bertz CT molecular complexity index is 477. The van der Waals surface area contributed by atoms with Crippen molar-refractivity contribution in [3.05, 3.63) is 17.7 Å². The molecule has 1 fully saturated rings. The summed E-state index contributed by atoms with van der Waals surface area (Å²) < 4.78 is 22.3. The normalized spacial score (nSPS) is 19.0. The van der Waals surface area contributed by atoms with Gasteiger partial charge in [-0.05, 0) is 37.0 Å². The van der Waals surface area contributed by atoms with Gasteiger partial charge in [-0.1, -0.05) is 0 Å². The number of hydrogen-bond donors (Lipinski definition) is 1. The van der Waals surface area contributed by atoms with Crippen LogP contribution in [-0.4, -0.2) is 39.6 Å². The van der Waals surface area contributed by atoms with Crippen LogP contribution in [0.5, 0.6) is 17.2 Å². The van der Waals surface area contributed by atoms with Crippen LogP contribution in [0, 0.1) is 0 Å². The van der Waals surface area contributed by atoms with Gasteiger partial charge in [0, 0.05) is 20.2 Å². The molecule has 0 atom stereocenters. The number of rotatable bonds is 6. The van der Waals surface area contributed by atoms with E-state index in [2.05, 4.69) is 5.32 Å². The molecule has 5 nitrogen and oxygen atoms in total. The second kappa shape index (κ2) is 6.12. The highest BCUT2D eigenvalue weighted by atomic mass is 16.6. The molecule has 21 heavy (non-hydrogen) atoms. The molecular weight excluding hydrogens is 270 g/mol. The van der Waals surface area contributed by atoms with Gasteiger partial charge in [-0.25, -0.2) is 0 Å². The van der Waals surface area contributed by atoms with Crippen LogP contribution in [-0.2, 0) is 11.3 Å². The second-order valence-corrected chi connectivity index (χ2v) is 5.67. The molecule has 0 radical (unpaired) electrons. The zero-order chi connectivity index (χ0) is 14.7. The minimum atomic E-state index is 0.0396. The maximum absolute atomic E-state index is 5.65. The Morgan fingerprint density at radius 2 is 2.00 bits per heavy atom.